The van der Waals surface area contributed by atoms with Gasteiger partial charge in [0.2, 0.25) is 0 Å². The summed E-state index contributed by atoms with van der Waals surface area (Å²) < 4.78 is 21.2. The van der Waals surface area contributed by atoms with E-state index in [1.807, 2.05) is 36.0 Å². The smallest absolute Gasteiger partial charge is 0.427 e. The highest BCUT2D eigenvalue weighted by molar-refractivity contribution is 7.99. The number of benzene rings is 1. The van der Waals surface area contributed by atoms with Crippen LogP contribution in [0.15, 0.2) is 24.3 Å². The van der Waals surface area contributed by atoms with Gasteiger partial charge in [0.25, 0.3) is 0 Å². The Bertz CT molecular complexity index is 454. The van der Waals surface area contributed by atoms with Crippen LogP contribution in [-0.2, 0) is 24.5 Å². The highest BCUT2D eigenvalue weighted by Gasteiger charge is 2.36. The molecule has 5 nitrogen and oxygen atoms in total. The summed E-state index contributed by atoms with van der Waals surface area (Å²) in [4.78, 5) is 10.9. The Hall–Kier alpha value is -0.863. The van der Waals surface area contributed by atoms with Gasteiger partial charge in [-0.05, 0) is 42.0 Å². The Morgan fingerprint density at radius 3 is 2.17 bits per heavy atom. The van der Waals surface area contributed by atoms with E-state index < -0.39 is 8.80 Å². The van der Waals surface area contributed by atoms with Crippen molar-refractivity contribution in [2.75, 3.05) is 32.8 Å². The summed E-state index contributed by atoms with van der Waals surface area (Å²) in [6.45, 7) is 1.40. The van der Waals surface area contributed by atoms with Crippen molar-refractivity contribution < 1.29 is 22.8 Å². The zero-order chi connectivity index (χ0) is 17.1. The lowest BCUT2D eigenvalue weighted by Crippen LogP contribution is -2.42. The summed E-state index contributed by atoms with van der Waals surface area (Å²) in [5.41, 5.74) is 1.24. The number of carbonyl (C=O) groups excluding carboxylic acids is 1. The molecule has 7 heteroatoms. The molecule has 0 spiro atoms. The number of ether oxygens (including phenoxy) is 1. The van der Waals surface area contributed by atoms with Crippen LogP contribution < -0.4 is 4.74 Å². The van der Waals surface area contributed by atoms with Crippen molar-refractivity contribution in [2.24, 2.45) is 0 Å². The van der Waals surface area contributed by atoms with Crippen molar-refractivity contribution in [3.8, 4) is 5.75 Å². The lowest BCUT2D eigenvalue weighted by Gasteiger charge is -2.24. The zero-order valence-corrected chi connectivity index (χ0v) is 16.1. The summed E-state index contributed by atoms with van der Waals surface area (Å²) in [6, 6.07) is 8.49. The van der Waals surface area contributed by atoms with Crippen LogP contribution in [0.5, 0.6) is 5.75 Å². The maximum atomic E-state index is 10.9. The predicted molar refractivity (Wildman–Crippen MR) is 95.0 cm³/mol. The molecule has 0 heterocycles. The molecule has 0 saturated heterocycles. The van der Waals surface area contributed by atoms with Gasteiger partial charge in [0.15, 0.2) is 0 Å². The van der Waals surface area contributed by atoms with Gasteiger partial charge in [-0.2, -0.15) is 11.8 Å². The summed E-state index contributed by atoms with van der Waals surface area (Å²) in [7, 11) is 2.52. The average Bonchev–Trinajstić information content (AvgIpc) is 2.56. The second kappa shape index (κ2) is 10.8. The van der Waals surface area contributed by atoms with Crippen LogP contribution >= 0.6 is 11.8 Å². The van der Waals surface area contributed by atoms with E-state index in [-0.39, 0.29) is 5.97 Å². The molecule has 0 aromatic heterocycles. The summed E-state index contributed by atoms with van der Waals surface area (Å²) in [5, 5.41) is 0. The number of hydrogen-bond donors (Lipinski definition) is 0. The molecule has 0 radical (unpaired) electrons. The molecule has 23 heavy (non-hydrogen) atoms. The third-order valence-electron chi connectivity index (χ3n) is 3.42. The molecule has 1 rings (SSSR count). The molecule has 0 saturated carbocycles. The van der Waals surface area contributed by atoms with E-state index in [1.165, 1.54) is 12.5 Å². The Balaban J connectivity index is 2.21. The van der Waals surface area contributed by atoms with E-state index in [1.54, 1.807) is 21.3 Å². The van der Waals surface area contributed by atoms with E-state index in [4.69, 9.17) is 18.0 Å². The van der Waals surface area contributed by atoms with Crippen molar-refractivity contribution in [1.29, 1.82) is 0 Å². The third kappa shape index (κ3) is 7.50. The number of rotatable bonds is 11. The highest BCUT2D eigenvalue weighted by Crippen LogP contribution is 2.18. The molecule has 0 atom stereocenters. The van der Waals surface area contributed by atoms with Gasteiger partial charge in [0.05, 0.1) is 0 Å². The molecule has 0 aliphatic rings. The van der Waals surface area contributed by atoms with E-state index >= 15 is 0 Å². The first kappa shape index (κ1) is 20.2. The predicted octanol–water partition coefficient (Wildman–Crippen LogP) is 3.16. The molecule has 0 N–H and O–H groups in total. The third-order valence-corrected chi connectivity index (χ3v) is 7.33. The Morgan fingerprint density at radius 1 is 1.04 bits per heavy atom. The first-order valence-corrected chi connectivity index (χ1v) is 10.6. The molecule has 0 aliphatic carbocycles. The number of carbonyl (C=O) groups is 1. The van der Waals surface area contributed by atoms with Gasteiger partial charge in [-0.15, -0.1) is 0 Å². The zero-order valence-electron chi connectivity index (χ0n) is 14.3. The van der Waals surface area contributed by atoms with Crippen molar-refractivity contribution >= 4 is 26.5 Å². The number of esters is 1. The minimum Gasteiger partial charge on any atom is -0.427 e. The second-order valence-electron chi connectivity index (χ2n) is 5.00. The van der Waals surface area contributed by atoms with Crippen LogP contribution in [0.2, 0.25) is 6.04 Å². The van der Waals surface area contributed by atoms with Gasteiger partial charge < -0.3 is 18.0 Å². The first-order chi connectivity index (χ1) is 11.0. The van der Waals surface area contributed by atoms with Crippen LogP contribution in [0.1, 0.15) is 18.9 Å². The minimum atomic E-state index is -2.42. The minimum absolute atomic E-state index is 0.295. The molecule has 0 unspecified atom stereocenters. The second-order valence-corrected chi connectivity index (χ2v) is 9.31. The van der Waals surface area contributed by atoms with Gasteiger partial charge in [0.1, 0.15) is 5.75 Å². The Labute approximate surface area is 144 Å². The van der Waals surface area contributed by atoms with Crippen LogP contribution in [0.4, 0.5) is 0 Å². The van der Waals surface area contributed by atoms with Crippen LogP contribution in [-0.4, -0.2) is 47.6 Å². The van der Waals surface area contributed by atoms with Crippen molar-refractivity contribution in [3.05, 3.63) is 29.8 Å². The molecular formula is C16H26O5SSi. The Kier molecular flexibility index (Phi) is 9.50. The fourth-order valence-corrected chi connectivity index (χ4v) is 5.04. The van der Waals surface area contributed by atoms with E-state index in [9.17, 15) is 4.79 Å². The topological polar surface area (TPSA) is 54.0 Å². The summed E-state index contributed by atoms with van der Waals surface area (Å²) in [5.74, 6) is 2.40. The molecular weight excluding hydrogens is 332 g/mol. The van der Waals surface area contributed by atoms with Crippen LogP contribution in [0.25, 0.3) is 0 Å². The maximum absolute atomic E-state index is 10.9. The van der Waals surface area contributed by atoms with Crippen LogP contribution in [0.3, 0.4) is 0 Å². The maximum Gasteiger partial charge on any atom is 0.500 e. The lowest BCUT2D eigenvalue weighted by molar-refractivity contribution is -0.131. The number of hydrogen-bond acceptors (Lipinski definition) is 6. The monoisotopic (exact) mass is 358 g/mol. The molecule has 1 aromatic carbocycles. The number of aryl methyl sites for hydroxylation is 1. The van der Waals surface area contributed by atoms with Crippen molar-refractivity contribution in [1.82, 2.24) is 0 Å². The molecule has 130 valence electrons. The quantitative estimate of drug-likeness (QED) is 0.262. The van der Waals surface area contributed by atoms with Gasteiger partial charge in [0, 0.05) is 34.3 Å². The van der Waals surface area contributed by atoms with Gasteiger partial charge in [-0.1, -0.05) is 12.1 Å². The van der Waals surface area contributed by atoms with Gasteiger partial charge in [-0.3, -0.25) is 4.79 Å². The van der Waals surface area contributed by atoms with E-state index in [0.29, 0.717) is 5.75 Å². The summed E-state index contributed by atoms with van der Waals surface area (Å²) >= 11 is 1.91. The van der Waals surface area contributed by atoms with E-state index in [2.05, 4.69) is 0 Å². The first-order valence-electron chi connectivity index (χ1n) is 7.56. The van der Waals surface area contributed by atoms with E-state index in [0.717, 1.165) is 30.4 Å². The fourth-order valence-electron chi connectivity index (χ4n) is 2.13. The van der Waals surface area contributed by atoms with Crippen molar-refractivity contribution in [3.63, 3.8) is 0 Å². The molecule has 0 bridgehead atoms. The number of thioether (sulfide) groups is 1. The van der Waals surface area contributed by atoms with Gasteiger partial charge >= 0.3 is 14.8 Å². The average molecular weight is 359 g/mol. The molecule has 0 aliphatic heterocycles. The normalized spacial score (nSPS) is 11.5. The fraction of sp³-hybridized carbons (Fsp3) is 0.562. The Morgan fingerprint density at radius 2 is 1.65 bits per heavy atom. The largest absolute Gasteiger partial charge is 0.500 e. The standard InChI is InChI=1S/C16H26O5SSi/c1-14(17)21-16-8-6-15(7-9-16)10-12-22-11-5-13-23(18-2,19-3)20-4/h6-9H,5,10-13H2,1-4H3. The van der Waals surface area contributed by atoms with Gasteiger partial charge in [-0.25, -0.2) is 0 Å². The van der Waals surface area contributed by atoms with Crippen molar-refractivity contribution in [2.45, 2.75) is 25.8 Å². The van der Waals surface area contributed by atoms with Crippen LogP contribution in [0, 0.1) is 0 Å². The lowest BCUT2D eigenvalue weighted by atomic mass is 10.2. The molecule has 1 aromatic rings. The SMILES string of the molecule is CO[Si](CCCSCCc1ccc(OC(C)=O)cc1)(OC)OC. The summed E-state index contributed by atoms with van der Waals surface area (Å²) in [6.07, 6.45) is 2.00. The molecule has 0 fully saturated rings. The molecule has 0 amide bonds. The highest BCUT2D eigenvalue weighted by atomic mass is 32.2.